The molecule has 4 aromatic carbocycles. The van der Waals surface area contributed by atoms with Crippen molar-refractivity contribution in [2.24, 2.45) is 0 Å². The monoisotopic (exact) mass is 735 g/mol. The first-order valence-electron chi connectivity index (χ1n) is 17.1. The lowest BCUT2D eigenvalue weighted by Gasteiger charge is -2.29. The van der Waals surface area contributed by atoms with Gasteiger partial charge in [0.25, 0.3) is 0 Å². The van der Waals surface area contributed by atoms with Gasteiger partial charge in [-0.25, -0.2) is 22.2 Å². The summed E-state index contributed by atoms with van der Waals surface area (Å²) in [5.74, 6) is -5.24. The second-order valence-corrected chi connectivity index (χ2v) is 14.4. The maximum Gasteiger partial charge on any atom is 0.335 e. The van der Waals surface area contributed by atoms with E-state index in [-0.39, 0.29) is 43.1 Å². The Hall–Kier alpha value is -4.72. The summed E-state index contributed by atoms with van der Waals surface area (Å²) >= 11 is -2.57. The highest BCUT2D eigenvalue weighted by Gasteiger charge is 2.31. The van der Waals surface area contributed by atoms with Crippen molar-refractivity contribution >= 4 is 34.3 Å². The largest absolute Gasteiger partial charge is 0.492 e. The minimum atomic E-state index is -2.57. The molecule has 13 heteroatoms. The summed E-state index contributed by atoms with van der Waals surface area (Å²) in [4.78, 5) is 28.8. The SMILES string of the molecule is CCOc1cc(C(=O)O)ccc1N(Cc1cc(C2CC2)cc(C2CC2)c1)C(=O)CN(COS(=O)c1c(C)cc(F)c(F)c1F)Cc1ccccc1N. The molecule has 2 fully saturated rings. The molecule has 0 heterocycles. The van der Waals surface area contributed by atoms with Gasteiger partial charge in [-0.1, -0.05) is 36.4 Å². The number of amides is 1. The molecule has 1 amide bonds. The number of anilines is 2. The number of carboxylic acid groups (broad SMARTS) is 1. The Morgan fingerprint density at radius 3 is 2.21 bits per heavy atom. The van der Waals surface area contributed by atoms with Gasteiger partial charge in [-0.05, 0) is 110 Å². The number of carboxylic acids is 1. The topological polar surface area (TPSA) is 122 Å². The summed E-state index contributed by atoms with van der Waals surface area (Å²) < 4.78 is 67.2. The Labute approximate surface area is 302 Å². The molecule has 0 aliphatic heterocycles. The maximum absolute atomic E-state index is 14.7. The van der Waals surface area contributed by atoms with E-state index in [2.05, 4.69) is 18.2 Å². The zero-order valence-corrected chi connectivity index (χ0v) is 29.7. The number of nitrogens with zero attached hydrogens (tertiary/aromatic N) is 2. The van der Waals surface area contributed by atoms with Crippen LogP contribution < -0.4 is 15.4 Å². The first-order valence-corrected chi connectivity index (χ1v) is 18.2. The fourth-order valence-corrected chi connectivity index (χ4v) is 7.12. The Bertz CT molecular complexity index is 1990. The number of hydrogen-bond acceptors (Lipinski definition) is 7. The minimum absolute atomic E-state index is 0.0110. The number of halogens is 3. The number of carbonyl (C=O) groups excluding carboxylic acids is 1. The lowest BCUT2D eigenvalue weighted by Crippen LogP contribution is -2.41. The van der Waals surface area contributed by atoms with Crippen LogP contribution in [0.2, 0.25) is 0 Å². The molecule has 2 aliphatic rings. The van der Waals surface area contributed by atoms with E-state index in [9.17, 15) is 32.1 Å². The summed E-state index contributed by atoms with van der Waals surface area (Å²) in [7, 11) is 0. The summed E-state index contributed by atoms with van der Waals surface area (Å²) in [6, 6.07) is 18.5. The van der Waals surface area contributed by atoms with Gasteiger partial charge >= 0.3 is 5.97 Å². The van der Waals surface area contributed by atoms with E-state index >= 15 is 0 Å². The Morgan fingerprint density at radius 1 is 0.923 bits per heavy atom. The molecule has 3 N–H and O–H groups in total. The fourth-order valence-electron chi connectivity index (χ4n) is 6.20. The van der Waals surface area contributed by atoms with Gasteiger partial charge in [0.05, 0.1) is 30.9 Å². The smallest absolute Gasteiger partial charge is 0.335 e. The van der Waals surface area contributed by atoms with E-state index in [0.717, 1.165) is 37.3 Å². The molecule has 4 aromatic rings. The Kier molecular flexibility index (Phi) is 11.3. The van der Waals surface area contributed by atoms with Crippen molar-refractivity contribution in [2.75, 3.05) is 30.5 Å². The number of hydrogen-bond donors (Lipinski definition) is 2. The predicted molar refractivity (Wildman–Crippen MR) is 191 cm³/mol. The average Bonchev–Trinajstić information content (AvgIpc) is 4.04. The van der Waals surface area contributed by atoms with Crippen LogP contribution in [-0.4, -0.2) is 46.0 Å². The van der Waals surface area contributed by atoms with Crippen LogP contribution in [0.1, 0.15) is 82.6 Å². The summed E-state index contributed by atoms with van der Waals surface area (Å²) in [5.41, 5.74) is 10.9. The third-order valence-corrected chi connectivity index (χ3v) is 10.3. The molecular formula is C39H40F3N3O6S. The van der Waals surface area contributed by atoms with Gasteiger partial charge in [0.1, 0.15) is 17.4 Å². The predicted octanol–water partition coefficient (Wildman–Crippen LogP) is 7.58. The molecule has 52 heavy (non-hydrogen) atoms. The van der Waals surface area contributed by atoms with Gasteiger partial charge in [0.15, 0.2) is 28.5 Å². The Balaban J connectivity index is 1.34. The van der Waals surface area contributed by atoms with E-state index in [1.165, 1.54) is 40.0 Å². The lowest BCUT2D eigenvalue weighted by atomic mass is 9.99. The highest BCUT2D eigenvalue weighted by atomic mass is 32.2. The second kappa shape index (κ2) is 15.9. The standard InChI is InChI=1S/C39H40F3N3O6S/c1-3-50-34-18-27(39(47)48)12-13-33(34)45(19-24-15-29(25-8-9-25)17-30(16-24)26-10-11-26)35(46)21-44(20-28-6-4-5-7-32(28)43)22-51-52(49)38-23(2)14-31(40)36(41)37(38)42/h4-7,12-18,25-26H,3,8-11,19-22,43H2,1-2H3,(H,47,48). The van der Waals surface area contributed by atoms with E-state index in [0.29, 0.717) is 28.8 Å². The van der Waals surface area contributed by atoms with Crippen LogP contribution in [0, 0.1) is 24.4 Å². The molecule has 2 saturated carbocycles. The number of aryl methyl sites for hydroxylation is 1. The number of nitrogen functional groups attached to an aromatic ring is 1. The summed E-state index contributed by atoms with van der Waals surface area (Å²) in [5, 5.41) is 9.70. The van der Waals surface area contributed by atoms with Crippen molar-refractivity contribution in [1.82, 2.24) is 4.90 Å². The van der Waals surface area contributed by atoms with Crippen LogP contribution in [0.3, 0.4) is 0 Å². The van der Waals surface area contributed by atoms with Gasteiger partial charge < -0.3 is 20.5 Å². The first-order chi connectivity index (χ1) is 24.9. The van der Waals surface area contributed by atoms with Crippen molar-refractivity contribution < 1.29 is 41.0 Å². The van der Waals surface area contributed by atoms with Crippen LogP contribution in [-0.2, 0) is 33.1 Å². The second-order valence-electron chi connectivity index (χ2n) is 13.3. The molecule has 2 aliphatic carbocycles. The molecule has 0 radical (unpaired) electrons. The van der Waals surface area contributed by atoms with E-state index < -0.39 is 52.0 Å². The van der Waals surface area contributed by atoms with Crippen LogP contribution >= 0.6 is 0 Å². The number of rotatable bonds is 16. The first kappa shape index (κ1) is 37.1. The average molecular weight is 736 g/mol. The number of aromatic carboxylic acids is 1. The van der Waals surface area contributed by atoms with Crippen molar-refractivity contribution in [2.45, 2.75) is 69.4 Å². The third kappa shape index (κ3) is 8.66. The number of carbonyl (C=O) groups is 2. The van der Waals surface area contributed by atoms with Crippen molar-refractivity contribution in [3.8, 4) is 5.75 Å². The molecule has 1 unspecified atom stereocenters. The van der Waals surface area contributed by atoms with Crippen LogP contribution in [0.15, 0.2) is 71.6 Å². The quantitative estimate of drug-likeness (QED) is 0.0687. The molecular weight excluding hydrogens is 696 g/mol. The molecule has 0 spiro atoms. The van der Waals surface area contributed by atoms with Gasteiger partial charge in [-0.2, -0.15) is 0 Å². The molecule has 0 saturated heterocycles. The zero-order valence-electron chi connectivity index (χ0n) is 28.9. The molecule has 9 nitrogen and oxygen atoms in total. The number of para-hydroxylation sites is 1. The van der Waals surface area contributed by atoms with E-state index in [4.69, 9.17) is 14.7 Å². The van der Waals surface area contributed by atoms with Crippen LogP contribution in [0.25, 0.3) is 0 Å². The highest BCUT2D eigenvalue weighted by Crippen LogP contribution is 2.45. The van der Waals surface area contributed by atoms with Crippen LogP contribution in [0.4, 0.5) is 24.5 Å². The van der Waals surface area contributed by atoms with E-state index in [1.807, 2.05) is 0 Å². The van der Waals surface area contributed by atoms with Crippen molar-refractivity contribution in [3.05, 3.63) is 118 Å². The molecule has 6 rings (SSSR count). The fraction of sp³-hybridized carbons (Fsp3) is 0.333. The maximum atomic E-state index is 14.7. The number of ether oxygens (including phenoxy) is 1. The summed E-state index contributed by atoms with van der Waals surface area (Å²) in [6.45, 7) is 2.61. The summed E-state index contributed by atoms with van der Waals surface area (Å²) in [6.07, 6.45) is 4.42. The molecule has 274 valence electrons. The molecule has 1 atom stereocenters. The van der Waals surface area contributed by atoms with Crippen LogP contribution in [0.5, 0.6) is 5.75 Å². The molecule has 0 aromatic heterocycles. The zero-order chi connectivity index (χ0) is 37.1. The van der Waals surface area contributed by atoms with Gasteiger partial charge in [0, 0.05) is 12.2 Å². The minimum Gasteiger partial charge on any atom is -0.492 e. The van der Waals surface area contributed by atoms with Gasteiger partial charge in [0.2, 0.25) is 5.91 Å². The van der Waals surface area contributed by atoms with Gasteiger partial charge in [-0.3, -0.25) is 13.9 Å². The Morgan fingerprint density at radius 2 is 1.60 bits per heavy atom. The molecule has 0 bridgehead atoms. The van der Waals surface area contributed by atoms with Crippen molar-refractivity contribution in [1.29, 1.82) is 0 Å². The lowest BCUT2D eigenvalue weighted by molar-refractivity contribution is -0.120. The van der Waals surface area contributed by atoms with Crippen molar-refractivity contribution in [3.63, 3.8) is 0 Å². The number of benzene rings is 4. The third-order valence-electron chi connectivity index (χ3n) is 9.19. The van der Waals surface area contributed by atoms with E-state index in [1.54, 1.807) is 37.3 Å². The highest BCUT2D eigenvalue weighted by molar-refractivity contribution is 7.80. The van der Waals surface area contributed by atoms with Gasteiger partial charge in [-0.15, -0.1) is 0 Å². The number of nitrogens with two attached hydrogens (primary N) is 1. The normalized spacial score (nSPS) is 14.7.